The molecule has 0 radical (unpaired) electrons. The maximum absolute atomic E-state index is 11.3. The van der Waals surface area contributed by atoms with Gasteiger partial charge < -0.3 is 15.8 Å². The van der Waals surface area contributed by atoms with Crippen LogP contribution in [-0.2, 0) is 11.3 Å². The number of carbonyl (C=O) groups excluding carboxylic acids is 2. The fourth-order valence-corrected chi connectivity index (χ4v) is 1.81. The predicted octanol–water partition coefficient (Wildman–Crippen LogP) is 1.41. The summed E-state index contributed by atoms with van der Waals surface area (Å²) in [5.74, 6) is -0.192. The Balaban J connectivity index is 2.67. The van der Waals surface area contributed by atoms with E-state index in [0.29, 0.717) is 17.3 Å². The zero-order valence-corrected chi connectivity index (χ0v) is 12.0. The molecule has 0 atom stereocenters. The molecule has 7 heteroatoms. The highest BCUT2D eigenvalue weighted by molar-refractivity contribution is 6.32. The van der Waals surface area contributed by atoms with Crippen molar-refractivity contribution in [2.75, 3.05) is 13.2 Å². The first-order valence-electron chi connectivity index (χ1n) is 6.24. The molecule has 0 unspecified atom stereocenters. The summed E-state index contributed by atoms with van der Waals surface area (Å²) in [5, 5.41) is 5.56. The molecule has 0 aliphatic rings. The highest BCUT2D eigenvalue weighted by Crippen LogP contribution is 2.28. The Kier molecular flexibility index (Phi) is 6.83. The standard InChI is InChI=1S/C13H18ClN3O3/c1-2-6-16-7-9-4-3-5-10(14)12(9)20-8-11(18)17-13(15)19/h3-5,16H,2,6-8H2,1H3,(H3,15,17,18,19). The number of benzene rings is 1. The van der Waals surface area contributed by atoms with Crippen LogP contribution in [0.2, 0.25) is 5.02 Å². The number of carbonyl (C=O) groups is 2. The zero-order valence-electron chi connectivity index (χ0n) is 11.2. The van der Waals surface area contributed by atoms with Crippen LogP contribution in [-0.4, -0.2) is 25.1 Å². The van der Waals surface area contributed by atoms with Crippen molar-refractivity contribution in [3.05, 3.63) is 28.8 Å². The van der Waals surface area contributed by atoms with Gasteiger partial charge in [0, 0.05) is 12.1 Å². The number of primary amides is 1. The molecule has 1 rings (SSSR count). The first kappa shape index (κ1) is 16.3. The van der Waals surface area contributed by atoms with E-state index >= 15 is 0 Å². The highest BCUT2D eigenvalue weighted by atomic mass is 35.5. The van der Waals surface area contributed by atoms with E-state index in [0.717, 1.165) is 18.5 Å². The lowest BCUT2D eigenvalue weighted by atomic mass is 10.2. The number of amides is 3. The van der Waals surface area contributed by atoms with Crippen LogP contribution in [0, 0.1) is 0 Å². The molecule has 0 saturated heterocycles. The fourth-order valence-electron chi connectivity index (χ4n) is 1.57. The van der Waals surface area contributed by atoms with E-state index in [1.807, 2.05) is 17.4 Å². The molecule has 0 fully saturated rings. The molecule has 3 amide bonds. The number of nitrogens with one attached hydrogen (secondary N) is 2. The van der Waals surface area contributed by atoms with Crippen LogP contribution in [0.25, 0.3) is 0 Å². The molecule has 0 bridgehead atoms. The quantitative estimate of drug-likeness (QED) is 0.664. The smallest absolute Gasteiger partial charge is 0.318 e. The van der Waals surface area contributed by atoms with E-state index in [1.165, 1.54) is 0 Å². The molecule has 6 nitrogen and oxygen atoms in total. The van der Waals surface area contributed by atoms with Crippen LogP contribution in [0.5, 0.6) is 5.75 Å². The molecule has 0 aliphatic heterocycles. The molecule has 0 aromatic heterocycles. The number of urea groups is 1. The second-order valence-corrected chi connectivity index (χ2v) is 4.51. The molecular formula is C13H18ClN3O3. The Bertz CT molecular complexity index is 480. The SMILES string of the molecule is CCCNCc1cccc(Cl)c1OCC(=O)NC(N)=O. The number of ether oxygens (including phenoxy) is 1. The van der Waals surface area contributed by atoms with Gasteiger partial charge >= 0.3 is 6.03 Å². The van der Waals surface area contributed by atoms with Gasteiger partial charge in [0.05, 0.1) is 5.02 Å². The molecule has 0 saturated carbocycles. The Labute approximate surface area is 122 Å². The summed E-state index contributed by atoms with van der Waals surface area (Å²) in [6.07, 6.45) is 1.01. The van der Waals surface area contributed by atoms with Crippen LogP contribution in [0.15, 0.2) is 18.2 Å². The van der Waals surface area contributed by atoms with E-state index in [9.17, 15) is 9.59 Å². The molecule has 4 N–H and O–H groups in total. The second kappa shape index (κ2) is 8.39. The van der Waals surface area contributed by atoms with Crippen molar-refractivity contribution in [3.8, 4) is 5.75 Å². The van der Waals surface area contributed by atoms with E-state index in [-0.39, 0.29) is 6.61 Å². The van der Waals surface area contributed by atoms with Crippen molar-refractivity contribution in [1.82, 2.24) is 10.6 Å². The second-order valence-electron chi connectivity index (χ2n) is 4.11. The van der Waals surface area contributed by atoms with E-state index in [1.54, 1.807) is 6.07 Å². The average molecular weight is 300 g/mol. The third-order valence-corrected chi connectivity index (χ3v) is 2.70. The summed E-state index contributed by atoms with van der Waals surface area (Å²) in [7, 11) is 0. The van der Waals surface area contributed by atoms with E-state index in [4.69, 9.17) is 22.1 Å². The number of hydrogen-bond donors (Lipinski definition) is 3. The third kappa shape index (κ3) is 5.46. The van der Waals surface area contributed by atoms with Crippen molar-refractivity contribution >= 4 is 23.5 Å². The lowest BCUT2D eigenvalue weighted by Gasteiger charge is -2.13. The summed E-state index contributed by atoms with van der Waals surface area (Å²) in [5.41, 5.74) is 5.69. The molecule has 1 aromatic rings. The average Bonchev–Trinajstić information content (AvgIpc) is 2.37. The number of halogens is 1. The van der Waals surface area contributed by atoms with Gasteiger partial charge in [-0.15, -0.1) is 0 Å². The summed E-state index contributed by atoms with van der Waals surface area (Å²) < 4.78 is 5.37. The van der Waals surface area contributed by atoms with Crippen molar-refractivity contribution in [1.29, 1.82) is 0 Å². The van der Waals surface area contributed by atoms with Gasteiger partial charge in [-0.2, -0.15) is 0 Å². The first-order valence-corrected chi connectivity index (χ1v) is 6.62. The lowest BCUT2D eigenvalue weighted by molar-refractivity contribution is -0.121. The molecule has 0 spiro atoms. The minimum absolute atomic E-state index is 0.326. The molecule has 0 aliphatic carbocycles. The van der Waals surface area contributed by atoms with Crippen molar-refractivity contribution in [2.45, 2.75) is 19.9 Å². The maximum atomic E-state index is 11.3. The van der Waals surface area contributed by atoms with Gasteiger partial charge in [-0.05, 0) is 19.0 Å². The summed E-state index contributed by atoms with van der Waals surface area (Å²) >= 11 is 6.06. The Morgan fingerprint density at radius 1 is 1.40 bits per heavy atom. The van der Waals surface area contributed by atoms with Crippen molar-refractivity contribution < 1.29 is 14.3 Å². The van der Waals surface area contributed by atoms with Crippen LogP contribution in [0.1, 0.15) is 18.9 Å². The fraction of sp³-hybridized carbons (Fsp3) is 0.385. The number of hydrogen-bond acceptors (Lipinski definition) is 4. The Morgan fingerprint density at radius 3 is 2.80 bits per heavy atom. The lowest BCUT2D eigenvalue weighted by Crippen LogP contribution is -2.38. The van der Waals surface area contributed by atoms with Gasteiger partial charge in [0.15, 0.2) is 6.61 Å². The summed E-state index contributed by atoms with van der Waals surface area (Å²) in [4.78, 5) is 21.8. The monoisotopic (exact) mass is 299 g/mol. The van der Waals surface area contributed by atoms with Crippen LogP contribution >= 0.6 is 11.6 Å². The molecule has 110 valence electrons. The largest absolute Gasteiger partial charge is 0.482 e. The number of nitrogens with two attached hydrogens (primary N) is 1. The predicted molar refractivity (Wildman–Crippen MR) is 76.7 cm³/mol. The van der Waals surface area contributed by atoms with Gasteiger partial charge in [0.2, 0.25) is 0 Å². The molecule has 0 heterocycles. The van der Waals surface area contributed by atoms with Gasteiger partial charge in [-0.1, -0.05) is 30.7 Å². The Morgan fingerprint density at radius 2 is 2.15 bits per heavy atom. The van der Waals surface area contributed by atoms with E-state index in [2.05, 4.69) is 12.2 Å². The molecule has 1 aromatic carbocycles. The van der Waals surface area contributed by atoms with Gasteiger partial charge in [-0.25, -0.2) is 4.79 Å². The normalized spacial score (nSPS) is 10.1. The molecule has 20 heavy (non-hydrogen) atoms. The van der Waals surface area contributed by atoms with Crippen LogP contribution in [0.4, 0.5) is 4.79 Å². The zero-order chi connectivity index (χ0) is 15.0. The van der Waals surface area contributed by atoms with Gasteiger partial charge in [0.1, 0.15) is 5.75 Å². The van der Waals surface area contributed by atoms with Crippen LogP contribution in [0.3, 0.4) is 0 Å². The minimum atomic E-state index is -0.914. The van der Waals surface area contributed by atoms with Crippen LogP contribution < -0.4 is 21.1 Å². The number of rotatable bonds is 7. The topological polar surface area (TPSA) is 93.4 Å². The third-order valence-electron chi connectivity index (χ3n) is 2.40. The maximum Gasteiger partial charge on any atom is 0.318 e. The van der Waals surface area contributed by atoms with Gasteiger partial charge in [0.25, 0.3) is 5.91 Å². The highest BCUT2D eigenvalue weighted by Gasteiger charge is 2.11. The Hall–Kier alpha value is -1.79. The van der Waals surface area contributed by atoms with Gasteiger partial charge in [-0.3, -0.25) is 10.1 Å². The minimum Gasteiger partial charge on any atom is -0.482 e. The number of para-hydroxylation sites is 1. The first-order chi connectivity index (χ1) is 9.54. The summed E-state index contributed by atoms with van der Waals surface area (Å²) in [6.45, 7) is 3.19. The summed E-state index contributed by atoms with van der Waals surface area (Å²) in [6, 6.07) is 4.42. The van der Waals surface area contributed by atoms with E-state index < -0.39 is 11.9 Å². The van der Waals surface area contributed by atoms with Crippen molar-refractivity contribution in [2.24, 2.45) is 5.73 Å². The van der Waals surface area contributed by atoms with Crippen molar-refractivity contribution in [3.63, 3.8) is 0 Å². The molecular weight excluding hydrogens is 282 g/mol. The number of imide groups is 1.